The molecule has 0 fully saturated rings. The smallest absolute Gasteiger partial charge is 0.143 e. The molecule has 4 heteroatoms. The monoisotopic (exact) mass is 640 g/mol. The van der Waals surface area contributed by atoms with Crippen LogP contribution in [0.3, 0.4) is 0 Å². The average Bonchev–Trinajstić information content (AvgIpc) is 3.84. The minimum atomic E-state index is 0.871. The summed E-state index contributed by atoms with van der Waals surface area (Å²) in [5, 5.41) is 9.12. The van der Waals surface area contributed by atoms with Crippen molar-refractivity contribution in [1.82, 2.24) is 4.57 Å². The van der Waals surface area contributed by atoms with Gasteiger partial charge in [-0.15, -0.1) is 0 Å². The van der Waals surface area contributed by atoms with Gasteiger partial charge in [-0.3, -0.25) is 0 Å². The fourth-order valence-corrected chi connectivity index (χ4v) is 7.89. The fraction of sp³-hybridized carbons (Fsp3) is 0. The van der Waals surface area contributed by atoms with E-state index in [-0.39, 0.29) is 0 Å². The van der Waals surface area contributed by atoms with Crippen LogP contribution in [0.25, 0.3) is 82.1 Å². The summed E-state index contributed by atoms with van der Waals surface area (Å²) in [4.78, 5) is 2.35. The number of para-hydroxylation sites is 3. The van der Waals surface area contributed by atoms with Crippen LogP contribution in [0.5, 0.6) is 0 Å². The molecule has 0 saturated heterocycles. The van der Waals surface area contributed by atoms with Crippen molar-refractivity contribution < 1.29 is 8.83 Å². The van der Waals surface area contributed by atoms with E-state index in [0.29, 0.717) is 0 Å². The molecule has 234 valence electrons. The molecule has 11 rings (SSSR count). The summed E-state index contributed by atoms with van der Waals surface area (Å²) in [5.41, 5.74) is 10.2. The molecule has 0 saturated carbocycles. The number of nitrogens with zero attached hydrogens (tertiary/aromatic N) is 2. The van der Waals surface area contributed by atoms with Crippen LogP contribution in [0.1, 0.15) is 0 Å². The van der Waals surface area contributed by atoms with Crippen LogP contribution in [0.2, 0.25) is 0 Å². The van der Waals surface area contributed by atoms with Crippen LogP contribution < -0.4 is 4.90 Å². The van der Waals surface area contributed by atoms with Crippen molar-refractivity contribution in [2.24, 2.45) is 0 Å². The maximum atomic E-state index is 6.53. The first-order valence-electron chi connectivity index (χ1n) is 16.9. The van der Waals surface area contributed by atoms with Crippen molar-refractivity contribution >= 4 is 93.5 Å². The number of hydrogen-bond donors (Lipinski definition) is 0. The van der Waals surface area contributed by atoms with Gasteiger partial charge in [-0.1, -0.05) is 91.0 Å². The zero-order valence-corrected chi connectivity index (χ0v) is 26.9. The van der Waals surface area contributed by atoms with Crippen LogP contribution in [0.15, 0.2) is 179 Å². The third kappa shape index (κ3) is 3.93. The van der Waals surface area contributed by atoms with Crippen LogP contribution in [0, 0.1) is 0 Å². The Balaban J connectivity index is 1.19. The molecule has 4 nitrogen and oxygen atoms in total. The number of fused-ring (bicyclic) bond motifs is 11. The second-order valence-electron chi connectivity index (χ2n) is 12.9. The highest BCUT2D eigenvalue weighted by Crippen LogP contribution is 2.44. The van der Waals surface area contributed by atoms with Gasteiger partial charge in [0.05, 0.1) is 11.0 Å². The Kier molecular flexibility index (Phi) is 5.63. The third-order valence-corrected chi connectivity index (χ3v) is 10.2. The first kappa shape index (κ1) is 27.2. The Morgan fingerprint density at radius 1 is 0.360 bits per heavy atom. The van der Waals surface area contributed by atoms with E-state index >= 15 is 0 Å². The van der Waals surface area contributed by atoms with Crippen molar-refractivity contribution in [3.63, 3.8) is 0 Å². The van der Waals surface area contributed by atoms with Crippen LogP contribution in [-0.4, -0.2) is 4.57 Å². The fourth-order valence-electron chi connectivity index (χ4n) is 7.89. The zero-order chi connectivity index (χ0) is 32.8. The summed E-state index contributed by atoms with van der Waals surface area (Å²) in [5.74, 6) is 0. The molecule has 0 aliphatic heterocycles. The maximum Gasteiger partial charge on any atom is 0.143 e. The number of hydrogen-bond acceptors (Lipinski definition) is 3. The molecule has 0 radical (unpaired) electrons. The predicted octanol–water partition coefficient (Wildman–Crippen LogP) is 13.2. The lowest BCUT2D eigenvalue weighted by Crippen LogP contribution is -2.10. The minimum absolute atomic E-state index is 0.871. The lowest BCUT2D eigenvalue weighted by atomic mass is 10.0. The molecular formula is C46H28N2O2. The molecule has 0 bridgehead atoms. The second kappa shape index (κ2) is 10.4. The Bertz CT molecular complexity index is 3110. The summed E-state index contributed by atoms with van der Waals surface area (Å²) in [7, 11) is 0. The largest absolute Gasteiger partial charge is 0.456 e. The van der Waals surface area contributed by atoms with Crippen LogP contribution >= 0.6 is 0 Å². The third-order valence-electron chi connectivity index (χ3n) is 10.2. The van der Waals surface area contributed by atoms with E-state index in [1.54, 1.807) is 0 Å². The Hall–Kier alpha value is -6.78. The zero-order valence-electron chi connectivity index (χ0n) is 26.9. The molecule has 0 amide bonds. The molecule has 50 heavy (non-hydrogen) atoms. The van der Waals surface area contributed by atoms with Gasteiger partial charge in [-0.2, -0.15) is 0 Å². The Morgan fingerprint density at radius 3 is 1.78 bits per heavy atom. The van der Waals surface area contributed by atoms with Gasteiger partial charge in [-0.05, 0) is 84.2 Å². The van der Waals surface area contributed by atoms with Gasteiger partial charge in [-0.25, -0.2) is 0 Å². The molecule has 0 N–H and O–H groups in total. The molecule has 11 aromatic rings. The molecule has 0 unspecified atom stereocenters. The van der Waals surface area contributed by atoms with Crippen molar-refractivity contribution in [2.75, 3.05) is 4.90 Å². The van der Waals surface area contributed by atoms with E-state index in [2.05, 4.69) is 167 Å². The highest BCUT2D eigenvalue weighted by Gasteiger charge is 2.20. The first-order valence-corrected chi connectivity index (χ1v) is 16.9. The summed E-state index contributed by atoms with van der Waals surface area (Å²) in [6.07, 6.45) is 0. The summed E-state index contributed by atoms with van der Waals surface area (Å²) in [6.45, 7) is 0. The van der Waals surface area contributed by atoms with Gasteiger partial charge in [0.2, 0.25) is 0 Å². The van der Waals surface area contributed by atoms with Gasteiger partial charge >= 0.3 is 0 Å². The quantitative estimate of drug-likeness (QED) is 0.192. The second-order valence-corrected chi connectivity index (χ2v) is 12.9. The molecule has 0 spiro atoms. The topological polar surface area (TPSA) is 34.5 Å². The molecule has 8 aromatic carbocycles. The van der Waals surface area contributed by atoms with Gasteiger partial charge in [0, 0.05) is 60.5 Å². The predicted molar refractivity (Wildman–Crippen MR) is 208 cm³/mol. The van der Waals surface area contributed by atoms with Gasteiger partial charge in [0.1, 0.15) is 22.3 Å². The minimum Gasteiger partial charge on any atom is -0.456 e. The van der Waals surface area contributed by atoms with Crippen molar-refractivity contribution in [3.05, 3.63) is 170 Å². The van der Waals surface area contributed by atoms with Crippen LogP contribution in [-0.2, 0) is 0 Å². The lowest BCUT2D eigenvalue weighted by molar-refractivity contribution is 0.669. The lowest BCUT2D eigenvalue weighted by Gasteiger charge is -2.26. The van der Waals surface area contributed by atoms with Crippen molar-refractivity contribution in [3.8, 4) is 5.69 Å². The summed E-state index contributed by atoms with van der Waals surface area (Å²) >= 11 is 0. The van der Waals surface area contributed by atoms with Crippen LogP contribution in [0.4, 0.5) is 17.1 Å². The Labute approximate surface area is 286 Å². The summed E-state index contributed by atoms with van der Waals surface area (Å²) in [6, 6.07) is 60.2. The van der Waals surface area contributed by atoms with E-state index < -0.39 is 0 Å². The van der Waals surface area contributed by atoms with Gasteiger partial charge < -0.3 is 18.3 Å². The van der Waals surface area contributed by atoms with Gasteiger partial charge in [0.15, 0.2) is 0 Å². The number of furan rings is 2. The average molecular weight is 641 g/mol. The highest BCUT2D eigenvalue weighted by atomic mass is 16.3. The van der Waals surface area contributed by atoms with E-state index in [9.17, 15) is 0 Å². The molecule has 0 atom stereocenters. The molecular weight excluding hydrogens is 613 g/mol. The standard InChI is InChI=1S/C46H28N2O2/c1-2-11-30(12-3-1)48-41-16-8-6-14-35(41)36-23-19-33(28-42(36)48)47(31-20-24-44-39(26-31)37-15-7-9-17-43(37)49-44)32-21-25-45-40(27-32)38-22-18-29-10-4-5-13-34(29)46(38)50-45/h1-28H. The number of rotatable bonds is 4. The normalized spacial score (nSPS) is 12.0. The molecule has 3 aromatic heterocycles. The SMILES string of the molecule is c1ccc(-n2c3ccccc3c3ccc(N(c4ccc5oc6ccccc6c5c4)c4ccc5oc6c7ccccc7ccc6c5c4)cc32)cc1. The Morgan fingerprint density at radius 2 is 0.940 bits per heavy atom. The van der Waals surface area contributed by atoms with E-state index in [0.717, 1.165) is 77.5 Å². The van der Waals surface area contributed by atoms with Crippen molar-refractivity contribution in [1.29, 1.82) is 0 Å². The number of benzene rings is 8. The summed E-state index contributed by atoms with van der Waals surface area (Å²) < 4.78 is 15.2. The number of aromatic nitrogens is 1. The first-order chi connectivity index (χ1) is 24.8. The highest BCUT2D eigenvalue weighted by molar-refractivity contribution is 6.16. The van der Waals surface area contributed by atoms with E-state index in [4.69, 9.17) is 8.83 Å². The van der Waals surface area contributed by atoms with E-state index in [1.165, 1.54) is 21.7 Å². The molecule has 0 aliphatic rings. The molecule has 0 aliphatic carbocycles. The number of anilines is 3. The van der Waals surface area contributed by atoms with Gasteiger partial charge in [0.25, 0.3) is 0 Å². The maximum absolute atomic E-state index is 6.53. The van der Waals surface area contributed by atoms with Crippen molar-refractivity contribution in [2.45, 2.75) is 0 Å². The molecule has 3 heterocycles. The van der Waals surface area contributed by atoms with E-state index in [1.807, 2.05) is 12.1 Å².